The molecule has 0 aliphatic heterocycles. The van der Waals surface area contributed by atoms with Crippen molar-refractivity contribution >= 4 is 10.0 Å². The summed E-state index contributed by atoms with van der Waals surface area (Å²) < 4.78 is 23.5. The molecule has 1 aromatic rings. The van der Waals surface area contributed by atoms with Crippen LogP contribution in [0.4, 0.5) is 0 Å². The van der Waals surface area contributed by atoms with Gasteiger partial charge < -0.3 is 0 Å². The molecule has 0 aliphatic rings. The Balaban J connectivity index is 2.77. The molecule has 1 rings (SSSR count). The molecule has 0 aromatic carbocycles. The van der Waals surface area contributed by atoms with Gasteiger partial charge in [0.1, 0.15) is 5.75 Å². The van der Waals surface area contributed by atoms with Gasteiger partial charge in [-0.2, -0.15) is 5.21 Å². The maximum absolute atomic E-state index is 11.2. The molecule has 12 heavy (non-hydrogen) atoms. The molecule has 0 radical (unpaired) electrons. The first-order valence-electron chi connectivity index (χ1n) is 3.15. The van der Waals surface area contributed by atoms with Crippen LogP contribution < -0.4 is 0 Å². The van der Waals surface area contributed by atoms with Crippen molar-refractivity contribution in [3.05, 3.63) is 5.82 Å². The summed E-state index contributed by atoms with van der Waals surface area (Å²) >= 11 is 0. The van der Waals surface area contributed by atoms with E-state index in [2.05, 4.69) is 20.6 Å². The fourth-order valence-electron chi connectivity index (χ4n) is 0.536. The van der Waals surface area contributed by atoms with Gasteiger partial charge in [-0.3, -0.25) is 0 Å². The van der Waals surface area contributed by atoms with Crippen LogP contribution in [-0.4, -0.2) is 47.4 Å². The van der Waals surface area contributed by atoms with Crippen molar-refractivity contribution in [2.24, 2.45) is 0 Å². The van der Waals surface area contributed by atoms with Crippen LogP contribution in [0, 0.1) is 0 Å². The second kappa shape index (κ2) is 3.15. The third kappa shape index (κ3) is 1.98. The largest absolute Gasteiger partial charge is 0.221 e. The third-order valence-electron chi connectivity index (χ3n) is 1.26. The predicted octanol–water partition coefficient (Wildman–Crippen LogP) is -1.41. The van der Waals surface area contributed by atoms with Crippen LogP contribution in [0.25, 0.3) is 0 Å². The van der Waals surface area contributed by atoms with Crippen LogP contribution >= 0.6 is 0 Å². The number of nitrogens with one attached hydrogen (secondary N) is 1. The van der Waals surface area contributed by atoms with Crippen LogP contribution in [0.15, 0.2) is 0 Å². The maximum atomic E-state index is 11.2. The van der Waals surface area contributed by atoms with Crippen molar-refractivity contribution < 1.29 is 8.42 Å². The number of H-pyrrole nitrogens is 1. The van der Waals surface area contributed by atoms with E-state index in [4.69, 9.17) is 0 Å². The van der Waals surface area contributed by atoms with Crippen molar-refractivity contribution in [2.75, 3.05) is 14.1 Å². The molecule has 8 heteroatoms. The van der Waals surface area contributed by atoms with E-state index in [-0.39, 0.29) is 11.6 Å². The molecule has 1 N–H and O–H groups in total. The van der Waals surface area contributed by atoms with Gasteiger partial charge in [0, 0.05) is 14.1 Å². The van der Waals surface area contributed by atoms with Gasteiger partial charge >= 0.3 is 0 Å². The van der Waals surface area contributed by atoms with Gasteiger partial charge in [-0.1, -0.05) is 5.21 Å². The van der Waals surface area contributed by atoms with Crippen molar-refractivity contribution in [1.82, 2.24) is 24.9 Å². The third-order valence-corrected chi connectivity index (χ3v) is 2.99. The summed E-state index contributed by atoms with van der Waals surface area (Å²) in [6, 6.07) is 0. The molecule has 0 unspecified atom stereocenters. The topological polar surface area (TPSA) is 91.8 Å². The van der Waals surface area contributed by atoms with Crippen LogP contribution in [0.3, 0.4) is 0 Å². The van der Waals surface area contributed by atoms with Crippen LogP contribution in [-0.2, 0) is 15.8 Å². The summed E-state index contributed by atoms with van der Waals surface area (Å²) in [5.41, 5.74) is 0. The number of aromatic amines is 1. The average molecular weight is 191 g/mol. The monoisotopic (exact) mass is 191 g/mol. The Morgan fingerprint density at radius 2 is 2.17 bits per heavy atom. The van der Waals surface area contributed by atoms with Gasteiger partial charge in [-0.25, -0.2) is 12.7 Å². The number of hydrogen-bond acceptors (Lipinski definition) is 5. The molecular weight excluding hydrogens is 182 g/mol. The first kappa shape index (κ1) is 9.07. The molecule has 0 spiro atoms. The van der Waals surface area contributed by atoms with Gasteiger partial charge in [-0.15, -0.1) is 10.2 Å². The first-order chi connectivity index (χ1) is 5.52. The lowest BCUT2D eigenvalue weighted by Gasteiger charge is -2.07. The Hall–Kier alpha value is -1.02. The van der Waals surface area contributed by atoms with Crippen LogP contribution in [0.5, 0.6) is 0 Å². The zero-order valence-electron chi connectivity index (χ0n) is 6.72. The molecule has 0 fully saturated rings. The van der Waals surface area contributed by atoms with E-state index in [1.165, 1.54) is 14.1 Å². The van der Waals surface area contributed by atoms with Crippen molar-refractivity contribution in [1.29, 1.82) is 0 Å². The van der Waals surface area contributed by atoms with E-state index < -0.39 is 10.0 Å². The van der Waals surface area contributed by atoms with Gasteiger partial charge in [0.15, 0.2) is 5.82 Å². The molecule has 0 amide bonds. The van der Waals surface area contributed by atoms with Crippen molar-refractivity contribution in [3.8, 4) is 0 Å². The Morgan fingerprint density at radius 3 is 2.58 bits per heavy atom. The van der Waals surface area contributed by atoms with Crippen molar-refractivity contribution in [2.45, 2.75) is 5.75 Å². The number of aromatic nitrogens is 4. The summed E-state index contributed by atoms with van der Waals surface area (Å²) in [4.78, 5) is 0. The smallest absolute Gasteiger partial charge is 0.212 e. The number of tetrazole rings is 1. The van der Waals surface area contributed by atoms with Crippen LogP contribution in [0.2, 0.25) is 0 Å². The highest BCUT2D eigenvalue weighted by Gasteiger charge is 2.16. The summed E-state index contributed by atoms with van der Waals surface area (Å²) in [6.45, 7) is 0. The van der Waals surface area contributed by atoms with Gasteiger partial charge in [0.25, 0.3) is 0 Å². The molecule has 68 valence electrons. The number of rotatable bonds is 3. The minimum absolute atomic E-state index is 0.170. The molecule has 0 saturated carbocycles. The zero-order chi connectivity index (χ0) is 9.19. The highest BCUT2D eigenvalue weighted by atomic mass is 32.2. The predicted molar refractivity (Wildman–Crippen MR) is 40.5 cm³/mol. The highest BCUT2D eigenvalue weighted by molar-refractivity contribution is 7.88. The standard InChI is InChI=1S/C4H9N5O2S/c1-9(2)12(10,11)3-4-5-7-8-6-4/h3H2,1-2H3,(H,5,6,7,8). The average Bonchev–Trinajstić information content (AvgIpc) is 2.38. The van der Waals surface area contributed by atoms with E-state index in [0.29, 0.717) is 0 Å². The highest BCUT2D eigenvalue weighted by Crippen LogP contribution is 2.00. The van der Waals surface area contributed by atoms with Crippen molar-refractivity contribution in [3.63, 3.8) is 0 Å². The SMILES string of the molecule is CN(C)S(=O)(=O)Cc1nn[nH]n1. The summed E-state index contributed by atoms with van der Waals surface area (Å²) in [6.07, 6.45) is 0. The molecule has 0 atom stereocenters. The van der Waals surface area contributed by atoms with E-state index in [9.17, 15) is 8.42 Å². The van der Waals surface area contributed by atoms with Gasteiger partial charge in [0.05, 0.1) is 0 Å². The Morgan fingerprint density at radius 1 is 1.50 bits per heavy atom. The van der Waals surface area contributed by atoms with E-state index in [0.717, 1.165) is 4.31 Å². The molecule has 1 heterocycles. The lowest BCUT2D eigenvalue weighted by molar-refractivity contribution is 0.518. The first-order valence-corrected chi connectivity index (χ1v) is 4.76. The molecule has 7 nitrogen and oxygen atoms in total. The minimum Gasteiger partial charge on any atom is -0.212 e. The summed E-state index contributed by atoms with van der Waals surface area (Å²) in [7, 11) is -0.365. The lowest BCUT2D eigenvalue weighted by Crippen LogP contribution is -2.24. The number of hydrogen-bond donors (Lipinski definition) is 1. The minimum atomic E-state index is -3.27. The second-order valence-electron chi connectivity index (χ2n) is 2.37. The lowest BCUT2D eigenvalue weighted by atomic mass is 10.8. The Bertz CT molecular complexity index is 328. The fraction of sp³-hybridized carbons (Fsp3) is 0.750. The number of sulfonamides is 1. The Kier molecular flexibility index (Phi) is 2.38. The van der Waals surface area contributed by atoms with E-state index >= 15 is 0 Å². The quantitative estimate of drug-likeness (QED) is 0.633. The zero-order valence-corrected chi connectivity index (χ0v) is 7.54. The molecule has 1 aromatic heterocycles. The maximum Gasteiger partial charge on any atom is 0.221 e. The van der Waals surface area contributed by atoms with Crippen LogP contribution in [0.1, 0.15) is 5.82 Å². The second-order valence-corrected chi connectivity index (χ2v) is 4.55. The van der Waals surface area contributed by atoms with Gasteiger partial charge in [-0.05, 0) is 0 Å². The molecule has 0 aliphatic carbocycles. The normalized spacial score (nSPS) is 12.2. The van der Waals surface area contributed by atoms with E-state index in [1.54, 1.807) is 0 Å². The summed E-state index contributed by atoms with van der Waals surface area (Å²) in [5.74, 6) is -0.0556. The fourth-order valence-corrected chi connectivity index (χ4v) is 1.24. The Labute approximate surface area is 69.8 Å². The molecule has 0 saturated heterocycles. The van der Waals surface area contributed by atoms with Gasteiger partial charge in [0.2, 0.25) is 10.0 Å². The summed E-state index contributed by atoms with van der Waals surface area (Å²) in [5, 5.41) is 12.5. The van der Waals surface area contributed by atoms with E-state index in [1.807, 2.05) is 0 Å². The molecular formula is C4H9N5O2S. The molecule has 0 bridgehead atoms. The number of nitrogens with zero attached hydrogens (tertiary/aromatic N) is 4.